The molecule has 0 radical (unpaired) electrons. The van der Waals surface area contributed by atoms with Gasteiger partial charge in [-0.1, -0.05) is 60.1 Å². The molecule has 5 aromatic rings. The second kappa shape index (κ2) is 15.0. The highest BCUT2D eigenvalue weighted by molar-refractivity contribution is 8.00. The lowest BCUT2D eigenvalue weighted by molar-refractivity contribution is -0.116. The third kappa shape index (κ3) is 8.44. The molecule has 5 rings (SSSR count). The summed E-state index contributed by atoms with van der Waals surface area (Å²) in [5.41, 5.74) is 2.18. The summed E-state index contributed by atoms with van der Waals surface area (Å²) in [5, 5.41) is 8.30. The largest absolute Gasteiger partial charge is 0.495 e. The predicted octanol–water partition coefficient (Wildman–Crippen LogP) is 7.82. The van der Waals surface area contributed by atoms with E-state index in [0.717, 1.165) is 10.5 Å². The number of rotatable bonds is 11. The predicted molar refractivity (Wildman–Crippen MR) is 177 cm³/mol. The molecule has 0 fully saturated rings. The third-order valence-electron chi connectivity index (χ3n) is 6.48. The van der Waals surface area contributed by atoms with E-state index in [-0.39, 0.29) is 11.6 Å². The van der Waals surface area contributed by atoms with Gasteiger partial charge < -0.3 is 25.1 Å². The Morgan fingerprint density at radius 2 is 1.56 bits per heavy atom. The van der Waals surface area contributed by atoms with Crippen molar-refractivity contribution in [2.75, 3.05) is 17.7 Å². The van der Waals surface area contributed by atoms with Crippen LogP contribution in [0.4, 0.5) is 11.4 Å². The van der Waals surface area contributed by atoms with Crippen LogP contribution in [0.25, 0.3) is 6.08 Å². The first-order chi connectivity index (χ1) is 21.9. The standard InChI is InChI=1S/C35H28ClN3O5S/c1-43-31-19-14-25(36)21-29(31)38-35(42)32(23-9-4-2-5-10-23)45-28-17-15-26(16-18-28)37-34(41)30(22-27-13-8-20-44-27)39-33(40)24-11-6-3-7-12-24/h2-22,32H,1H3,(H,37,41)(H,38,42)(H,39,40)/b30-22-. The zero-order valence-electron chi connectivity index (χ0n) is 24.0. The van der Waals surface area contributed by atoms with Crippen LogP contribution in [0.5, 0.6) is 5.75 Å². The molecule has 0 bridgehead atoms. The van der Waals surface area contributed by atoms with E-state index in [1.54, 1.807) is 72.8 Å². The van der Waals surface area contributed by atoms with Crippen LogP contribution in [-0.4, -0.2) is 24.8 Å². The lowest BCUT2D eigenvalue weighted by Crippen LogP contribution is -2.30. The van der Waals surface area contributed by atoms with Crippen molar-refractivity contribution in [3.63, 3.8) is 0 Å². The highest BCUT2D eigenvalue weighted by Crippen LogP contribution is 2.38. The van der Waals surface area contributed by atoms with Gasteiger partial charge in [0, 0.05) is 27.2 Å². The van der Waals surface area contributed by atoms with Crippen LogP contribution in [-0.2, 0) is 9.59 Å². The first-order valence-corrected chi connectivity index (χ1v) is 15.0. The van der Waals surface area contributed by atoms with E-state index in [1.807, 2.05) is 42.5 Å². The van der Waals surface area contributed by atoms with E-state index in [1.165, 1.54) is 31.2 Å². The zero-order chi connectivity index (χ0) is 31.6. The van der Waals surface area contributed by atoms with Gasteiger partial charge in [-0.3, -0.25) is 14.4 Å². The second-order valence-corrected chi connectivity index (χ2v) is 11.2. The SMILES string of the molecule is COc1ccc(Cl)cc1NC(=O)C(Sc1ccc(NC(=O)/C(=C/c2ccco2)NC(=O)c2ccccc2)cc1)c1ccccc1. The van der Waals surface area contributed by atoms with Crippen molar-refractivity contribution in [2.45, 2.75) is 10.1 Å². The molecule has 1 unspecified atom stereocenters. The molecule has 0 spiro atoms. The number of nitrogens with one attached hydrogen (secondary N) is 3. The Balaban J connectivity index is 1.32. The van der Waals surface area contributed by atoms with Crippen LogP contribution in [0, 0.1) is 0 Å². The molecule has 0 saturated carbocycles. The van der Waals surface area contributed by atoms with Gasteiger partial charge in [-0.25, -0.2) is 0 Å². The van der Waals surface area contributed by atoms with Crippen LogP contribution in [0.15, 0.2) is 137 Å². The van der Waals surface area contributed by atoms with Gasteiger partial charge in [0.2, 0.25) is 5.91 Å². The molecule has 0 aliphatic rings. The third-order valence-corrected chi connectivity index (χ3v) is 7.99. The maximum Gasteiger partial charge on any atom is 0.272 e. The van der Waals surface area contributed by atoms with Gasteiger partial charge in [-0.05, 0) is 72.3 Å². The van der Waals surface area contributed by atoms with E-state index >= 15 is 0 Å². The van der Waals surface area contributed by atoms with E-state index in [9.17, 15) is 14.4 Å². The monoisotopic (exact) mass is 637 g/mol. The summed E-state index contributed by atoms with van der Waals surface area (Å²) in [6.07, 6.45) is 2.93. The Labute approximate surface area is 269 Å². The van der Waals surface area contributed by atoms with Gasteiger partial charge in [0.25, 0.3) is 11.8 Å². The molecule has 1 aromatic heterocycles. The summed E-state index contributed by atoms with van der Waals surface area (Å²) in [7, 11) is 1.52. The maximum atomic E-state index is 13.6. The second-order valence-electron chi connectivity index (χ2n) is 9.61. The van der Waals surface area contributed by atoms with Gasteiger partial charge in [-0.15, -0.1) is 11.8 Å². The van der Waals surface area contributed by atoms with Gasteiger partial charge >= 0.3 is 0 Å². The lowest BCUT2D eigenvalue weighted by Gasteiger charge is -2.18. The molecule has 1 heterocycles. The molecule has 226 valence electrons. The number of hydrogen-bond acceptors (Lipinski definition) is 6. The fraction of sp³-hybridized carbons (Fsp3) is 0.0571. The van der Waals surface area contributed by atoms with Crippen LogP contribution < -0.4 is 20.7 Å². The van der Waals surface area contributed by atoms with Crippen molar-refractivity contribution >= 4 is 58.5 Å². The molecule has 45 heavy (non-hydrogen) atoms. The zero-order valence-corrected chi connectivity index (χ0v) is 25.6. The molecule has 1 atom stereocenters. The summed E-state index contributed by atoms with van der Waals surface area (Å²) >= 11 is 7.52. The Kier molecular flexibility index (Phi) is 10.4. The van der Waals surface area contributed by atoms with Crippen LogP contribution >= 0.6 is 23.4 Å². The number of benzene rings is 4. The molecule has 10 heteroatoms. The van der Waals surface area contributed by atoms with Gasteiger partial charge in [0.05, 0.1) is 19.1 Å². The van der Waals surface area contributed by atoms with Crippen molar-refractivity contribution in [1.29, 1.82) is 0 Å². The number of hydrogen-bond donors (Lipinski definition) is 3. The van der Waals surface area contributed by atoms with Gasteiger partial charge in [0.1, 0.15) is 22.5 Å². The van der Waals surface area contributed by atoms with E-state index in [0.29, 0.717) is 33.5 Å². The first kappa shape index (κ1) is 31.2. The number of anilines is 2. The maximum absolute atomic E-state index is 13.6. The summed E-state index contributed by atoms with van der Waals surface area (Å²) in [5.74, 6) is -0.332. The van der Waals surface area contributed by atoms with E-state index in [2.05, 4.69) is 16.0 Å². The number of carbonyl (C=O) groups is 3. The van der Waals surface area contributed by atoms with Gasteiger partial charge in [0.15, 0.2) is 0 Å². The minimum absolute atomic E-state index is 0.00881. The Bertz CT molecular complexity index is 1790. The summed E-state index contributed by atoms with van der Waals surface area (Å²) in [6, 6.07) is 33.4. The number of carbonyl (C=O) groups excluding carboxylic acids is 3. The average Bonchev–Trinajstić information content (AvgIpc) is 3.58. The quantitative estimate of drug-likeness (QED) is 0.101. The van der Waals surface area contributed by atoms with Crippen LogP contribution in [0.3, 0.4) is 0 Å². The minimum Gasteiger partial charge on any atom is -0.495 e. The molecule has 0 saturated heterocycles. The molecule has 0 aliphatic heterocycles. The molecule has 3 amide bonds. The molecular formula is C35H28ClN3O5S. The molecule has 0 aliphatic carbocycles. The lowest BCUT2D eigenvalue weighted by atomic mass is 10.1. The average molecular weight is 638 g/mol. The normalized spacial score (nSPS) is 11.7. The fourth-order valence-corrected chi connectivity index (χ4v) is 5.48. The van der Waals surface area contributed by atoms with Crippen molar-refractivity contribution in [2.24, 2.45) is 0 Å². The smallest absolute Gasteiger partial charge is 0.272 e. The van der Waals surface area contributed by atoms with Crippen molar-refractivity contribution in [1.82, 2.24) is 5.32 Å². The first-order valence-electron chi connectivity index (χ1n) is 13.8. The minimum atomic E-state index is -0.605. The number of methoxy groups -OCH3 is 1. The number of thioether (sulfide) groups is 1. The van der Waals surface area contributed by atoms with Gasteiger partial charge in [-0.2, -0.15) is 0 Å². The Morgan fingerprint density at radius 1 is 0.844 bits per heavy atom. The van der Waals surface area contributed by atoms with E-state index < -0.39 is 17.1 Å². The Morgan fingerprint density at radius 3 is 2.22 bits per heavy atom. The molecule has 4 aromatic carbocycles. The van der Waals surface area contributed by atoms with Crippen molar-refractivity contribution in [3.8, 4) is 5.75 Å². The number of amides is 3. The van der Waals surface area contributed by atoms with Crippen LogP contribution in [0.1, 0.15) is 26.9 Å². The highest BCUT2D eigenvalue weighted by Gasteiger charge is 2.24. The van der Waals surface area contributed by atoms with Crippen LogP contribution in [0.2, 0.25) is 5.02 Å². The highest BCUT2D eigenvalue weighted by atomic mass is 35.5. The molecule has 3 N–H and O–H groups in total. The molecule has 8 nitrogen and oxygen atoms in total. The summed E-state index contributed by atoms with van der Waals surface area (Å²) in [6.45, 7) is 0. The summed E-state index contributed by atoms with van der Waals surface area (Å²) < 4.78 is 10.8. The fourth-order valence-electron chi connectivity index (χ4n) is 4.29. The molecular weight excluding hydrogens is 610 g/mol. The number of ether oxygens (including phenoxy) is 1. The van der Waals surface area contributed by atoms with Crippen molar-refractivity contribution in [3.05, 3.63) is 149 Å². The Hall–Kier alpha value is -5.25. The topological polar surface area (TPSA) is 110 Å². The summed E-state index contributed by atoms with van der Waals surface area (Å²) in [4.78, 5) is 40.5. The van der Waals surface area contributed by atoms with Crippen molar-refractivity contribution < 1.29 is 23.5 Å². The van der Waals surface area contributed by atoms with E-state index in [4.69, 9.17) is 20.8 Å². The number of furan rings is 1. The number of halogens is 1.